The van der Waals surface area contributed by atoms with Gasteiger partial charge in [0.25, 0.3) is 0 Å². The second-order valence-corrected chi connectivity index (χ2v) is 12.0. The fourth-order valence-electron chi connectivity index (χ4n) is 3.63. The molecule has 1 rings (SSSR count). The lowest BCUT2D eigenvalue weighted by Gasteiger charge is -2.37. The summed E-state index contributed by atoms with van der Waals surface area (Å²) in [6.45, 7) is 17.3. The summed E-state index contributed by atoms with van der Waals surface area (Å²) in [7, 11) is 6.61. The van der Waals surface area contributed by atoms with Crippen LogP contribution in [-0.2, 0) is 10.1 Å². The van der Waals surface area contributed by atoms with Crippen LogP contribution in [0.2, 0.25) is 0 Å². The van der Waals surface area contributed by atoms with Crippen LogP contribution < -0.4 is 0 Å². The maximum absolute atomic E-state index is 6.61. The fraction of sp³-hybridized carbons (Fsp3) is 0.667. The van der Waals surface area contributed by atoms with Crippen molar-refractivity contribution in [3.63, 3.8) is 0 Å². The highest BCUT2D eigenvalue weighted by Crippen LogP contribution is 2.40. The average molecular weight is 376 g/mol. The van der Waals surface area contributed by atoms with Gasteiger partial charge in [-0.05, 0) is 49.6 Å². The van der Waals surface area contributed by atoms with Crippen molar-refractivity contribution in [2.45, 2.75) is 83.9 Å². The highest BCUT2D eigenvalue weighted by molar-refractivity contribution is 8.23. The largest absolute Gasteiger partial charge is 0.473 e. The zero-order valence-electron chi connectivity index (χ0n) is 17.1. The van der Waals surface area contributed by atoms with Crippen LogP contribution in [0.4, 0.5) is 0 Å². The lowest BCUT2D eigenvalue weighted by Crippen LogP contribution is -2.35. The summed E-state index contributed by atoms with van der Waals surface area (Å²) in [4.78, 5) is 0. The molecule has 2 radical (unpaired) electrons. The second-order valence-electron chi connectivity index (χ2n) is 9.67. The van der Waals surface area contributed by atoms with Crippen molar-refractivity contribution >= 4 is 36.2 Å². The third kappa shape index (κ3) is 8.64. The first-order valence-electron chi connectivity index (χ1n) is 8.88. The van der Waals surface area contributed by atoms with Gasteiger partial charge in [0.05, 0.1) is 7.85 Å². The molecule has 0 saturated heterocycles. The van der Waals surface area contributed by atoms with Crippen molar-refractivity contribution in [3.05, 3.63) is 35.9 Å². The summed E-state index contributed by atoms with van der Waals surface area (Å²) < 4.78 is 6.61. The number of hydrogen-bond acceptors (Lipinski definition) is 3. The number of thioether (sulfide) groups is 1. The molecule has 0 aliphatic heterocycles. The van der Waals surface area contributed by atoms with Crippen molar-refractivity contribution in [2.24, 2.45) is 5.41 Å². The first-order chi connectivity index (χ1) is 11.1. The number of thiocarbonyl (C=S) groups is 1. The molecular formula is C21H33BOS2. The van der Waals surface area contributed by atoms with Gasteiger partial charge in [-0.15, -0.1) is 0 Å². The van der Waals surface area contributed by atoms with Crippen molar-refractivity contribution in [3.8, 4) is 0 Å². The maximum atomic E-state index is 6.61. The zero-order chi connectivity index (χ0) is 19.5. The summed E-state index contributed by atoms with van der Waals surface area (Å²) >= 11 is 7.15. The Labute approximate surface area is 166 Å². The maximum Gasteiger partial charge on any atom is 0.221 e. The van der Waals surface area contributed by atoms with Crippen LogP contribution in [0, 0.1) is 5.41 Å². The Morgan fingerprint density at radius 1 is 0.960 bits per heavy atom. The van der Waals surface area contributed by atoms with Gasteiger partial charge in [-0.2, -0.15) is 0 Å². The highest BCUT2D eigenvalue weighted by atomic mass is 32.2. The Morgan fingerprint density at radius 3 is 1.96 bits per heavy atom. The SMILES string of the molecule is [B]C(C)(CC(C)(C)SC(=S)OC(C)(C)CC(C)(C)C)c1ccccc1. The van der Waals surface area contributed by atoms with E-state index >= 15 is 0 Å². The first kappa shape index (κ1) is 22.6. The summed E-state index contributed by atoms with van der Waals surface area (Å²) in [6, 6.07) is 10.2. The summed E-state index contributed by atoms with van der Waals surface area (Å²) in [5.41, 5.74) is 1.07. The molecule has 1 unspecified atom stereocenters. The molecule has 0 aliphatic carbocycles. The molecule has 0 N–H and O–H groups in total. The standard InChI is InChI=1S/C21H33BOS2/c1-18(2,3)14-19(4,5)23-17(24)25-20(6,7)15-21(8,22)16-12-10-9-11-13-16/h9-13H,14-15H2,1-8H3. The average Bonchev–Trinajstić information content (AvgIpc) is 2.33. The van der Waals surface area contributed by atoms with Crippen LogP contribution in [0.3, 0.4) is 0 Å². The lowest BCUT2D eigenvalue weighted by molar-refractivity contribution is 0.0580. The van der Waals surface area contributed by atoms with Gasteiger partial charge < -0.3 is 4.74 Å². The van der Waals surface area contributed by atoms with Gasteiger partial charge in [-0.25, -0.2) is 0 Å². The molecule has 138 valence electrons. The second kappa shape index (κ2) is 8.04. The van der Waals surface area contributed by atoms with E-state index in [1.165, 1.54) is 0 Å². The van der Waals surface area contributed by atoms with E-state index in [9.17, 15) is 0 Å². The quantitative estimate of drug-likeness (QED) is 0.415. The van der Waals surface area contributed by atoms with Gasteiger partial charge in [0, 0.05) is 4.75 Å². The van der Waals surface area contributed by atoms with E-state index in [2.05, 4.69) is 67.5 Å². The fourth-order valence-corrected chi connectivity index (χ4v) is 5.62. The predicted molar refractivity (Wildman–Crippen MR) is 118 cm³/mol. The lowest BCUT2D eigenvalue weighted by atomic mass is 9.61. The van der Waals surface area contributed by atoms with E-state index in [0.29, 0.717) is 4.38 Å². The minimum atomic E-state index is -0.408. The third-order valence-electron chi connectivity index (χ3n) is 3.90. The highest BCUT2D eigenvalue weighted by Gasteiger charge is 2.34. The molecule has 0 spiro atoms. The molecule has 1 nitrogen and oxygen atoms in total. The number of rotatable bonds is 6. The van der Waals surface area contributed by atoms with Gasteiger partial charge in [0.2, 0.25) is 4.38 Å². The molecular weight excluding hydrogens is 343 g/mol. The predicted octanol–water partition coefficient (Wildman–Crippen LogP) is 6.49. The molecule has 0 heterocycles. The van der Waals surface area contributed by atoms with Gasteiger partial charge in [-0.1, -0.05) is 89.2 Å². The summed E-state index contributed by atoms with van der Waals surface area (Å²) in [5, 5.41) is -0.408. The molecule has 25 heavy (non-hydrogen) atoms. The van der Waals surface area contributed by atoms with E-state index in [0.717, 1.165) is 18.4 Å². The minimum Gasteiger partial charge on any atom is -0.473 e. The molecule has 4 heteroatoms. The summed E-state index contributed by atoms with van der Waals surface area (Å²) in [5.74, 6) is 0. The minimum absolute atomic E-state index is 0.117. The van der Waals surface area contributed by atoms with Crippen molar-refractivity contribution in [2.75, 3.05) is 0 Å². The van der Waals surface area contributed by atoms with Crippen molar-refractivity contribution in [1.82, 2.24) is 0 Å². The van der Waals surface area contributed by atoms with E-state index < -0.39 is 5.31 Å². The molecule has 0 saturated carbocycles. The van der Waals surface area contributed by atoms with Crippen molar-refractivity contribution in [1.29, 1.82) is 0 Å². The molecule has 0 aromatic heterocycles. The molecule has 0 amide bonds. The normalized spacial score (nSPS) is 15.5. The molecule has 1 aromatic rings. The van der Waals surface area contributed by atoms with Gasteiger partial charge in [-0.3, -0.25) is 0 Å². The van der Waals surface area contributed by atoms with Crippen LogP contribution in [0.1, 0.15) is 73.8 Å². The zero-order valence-corrected chi connectivity index (χ0v) is 18.7. The number of benzene rings is 1. The summed E-state index contributed by atoms with van der Waals surface area (Å²) in [6.07, 6.45) is 1.75. The van der Waals surface area contributed by atoms with Gasteiger partial charge >= 0.3 is 0 Å². The van der Waals surface area contributed by atoms with Crippen LogP contribution in [0.25, 0.3) is 0 Å². The van der Waals surface area contributed by atoms with E-state index in [-0.39, 0.29) is 15.8 Å². The first-order valence-corrected chi connectivity index (χ1v) is 10.1. The Hall–Kier alpha value is -0.475. The number of hydrogen-bond donors (Lipinski definition) is 0. The third-order valence-corrected chi connectivity index (χ3v) is 5.18. The smallest absolute Gasteiger partial charge is 0.221 e. The molecule has 0 bridgehead atoms. The van der Waals surface area contributed by atoms with E-state index in [4.69, 9.17) is 24.8 Å². The number of ether oxygens (including phenoxy) is 1. The van der Waals surface area contributed by atoms with Crippen LogP contribution in [-0.4, -0.2) is 22.6 Å². The Morgan fingerprint density at radius 2 is 1.48 bits per heavy atom. The van der Waals surface area contributed by atoms with Gasteiger partial charge in [0.15, 0.2) is 0 Å². The molecule has 0 aliphatic rings. The monoisotopic (exact) mass is 376 g/mol. The van der Waals surface area contributed by atoms with Crippen LogP contribution in [0.5, 0.6) is 0 Å². The van der Waals surface area contributed by atoms with Crippen LogP contribution >= 0.6 is 24.0 Å². The Bertz CT molecular complexity index is 571. The van der Waals surface area contributed by atoms with Gasteiger partial charge in [0.1, 0.15) is 5.60 Å². The molecule has 0 fully saturated rings. The van der Waals surface area contributed by atoms with E-state index in [1.807, 2.05) is 18.2 Å². The van der Waals surface area contributed by atoms with Crippen molar-refractivity contribution < 1.29 is 4.74 Å². The van der Waals surface area contributed by atoms with Crippen LogP contribution in [0.15, 0.2) is 30.3 Å². The van der Waals surface area contributed by atoms with E-state index in [1.54, 1.807) is 11.8 Å². The molecule has 1 aromatic carbocycles. The Balaban J connectivity index is 2.72. The molecule has 1 atom stereocenters. The Kier molecular flexibility index (Phi) is 7.26. The topological polar surface area (TPSA) is 9.23 Å².